The van der Waals surface area contributed by atoms with Crippen LogP contribution in [0.3, 0.4) is 0 Å². The number of methoxy groups -OCH3 is 1. The molecule has 4 aromatic heterocycles. The molecule has 5 heterocycles. The zero-order chi connectivity index (χ0) is 44.5. The number of ether oxygens (including phenoxy) is 1. The van der Waals surface area contributed by atoms with Crippen LogP contribution in [0.4, 0.5) is 4.39 Å². The Hall–Kier alpha value is -6.72. The van der Waals surface area contributed by atoms with Gasteiger partial charge in [-0.05, 0) is 88.2 Å². The second-order valence-corrected chi connectivity index (χ2v) is 19.0. The van der Waals surface area contributed by atoms with Gasteiger partial charge in [-0.15, -0.1) is 0 Å². The average molecular weight is 896 g/mol. The van der Waals surface area contributed by atoms with E-state index in [2.05, 4.69) is 92.7 Å². The number of benzene rings is 5. The van der Waals surface area contributed by atoms with Crippen LogP contribution in [0.2, 0.25) is 0 Å². The van der Waals surface area contributed by atoms with Crippen molar-refractivity contribution in [3.63, 3.8) is 0 Å². The summed E-state index contributed by atoms with van der Waals surface area (Å²) in [7, 11) is -1.00. The van der Waals surface area contributed by atoms with Crippen molar-refractivity contribution in [3.8, 4) is 68.0 Å². The van der Waals surface area contributed by atoms with Crippen molar-refractivity contribution in [2.24, 2.45) is 0 Å². The standard InChI is InChI=1S/C24H19NO2Si.C16H12N2O.C12H10FNO.2Al.Be.2H/c1-27-17-15-20(26)23-22(16-17)28(18-9-4-2-5-10-18,19-11-6-3-7-12-19)21-13-8-14-25-24(21)23;19-14-9-5-11-18-16(14)15-13(8-4-10-17-15)12-6-2-1-3-7-12;1-8-6-9(13)7-11(15)12(8)10-4-2-3-5-14-10;;;;;/h2-16,26H,1H3;1-11,19H;2-7,15H,1H3;;;;;/q;;;2*+1;+2;;/p-2. The third-order valence-corrected chi connectivity index (χ3v) is 16.5. The molecular formula is C52H41Al2BeFN4O4Si+2. The topological polar surface area (TPSA) is 104 Å². The molecule has 10 rings (SSSR count). The van der Waals surface area contributed by atoms with Gasteiger partial charge >= 0.3 is 43.4 Å². The van der Waals surface area contributed by atoms with Crippen LogP contribution >= 0.6 is 0 Å². The van der Waals surface area contributed by atoms with E-state index in [1.807, 2.05) is 92.0 Å². The van der Waals surface area contributed by atoms with Crippen molar-refractivity contribution in [1.29, 1.82) is 0 Å². The van der Waals surface area contributed by atoms with Crippen molar-refractivity contribution < 1.29 is 26.8 Å². The summed E-state index contributed by atoms with van der Waals surface area (Å²) in [5.41, 5.74) is 7.93. The molecule has 13 heteroatoms. The average Bonchev–Trinajstić information content (AvgIpc) is 3.66. The predicted octanol–water partition coefficient (Wildman–Crippen LogP) is 5.96. The molecule has 0 saturated carbocycles. The molecule has 1 aliphatic heterocycles. The number of rotatable bonds is 8. The second-order valence-electron chi connectivity index (χ2n) is 14.7. The van der Waals surface area contributed by atoms with Crippen LogP contribution < -0.4 is 43.2 Å². The Bertz CT molecular complexity index is 2980. The number of hydrogen-bond acceptors (Lipinski definition) is 7. The van der Waals surface area contributed by atoms with E-state index in [1.54, 1.807) is 31.8 Å². The molecule has 65 heavy (non-hydrogen) atoms. The summed E-state index contributed by atoms with van der Waals surface area (Å²) in [6.45, 7) is 1.85. The molecule has 0 spiro atoms. The number of aromatic nitrogens is 4. The Balaban J connectivity index is 0.000000151. The maximum absolute atomic E-state index is 13.2. The van der Waals surface area contributed by atoms with Gasteiger partial charge in [-0.2, -0.15) is 0 Å². The van der Waals surface area contributed by atoms with E-state index in [1.165, 1.54) is 60.9 Å². The van der Waals surface area contributed by atoms with Gasteiger partial charge in [-0.3, -0.25) is 15.0 Å². The van der Waals surface area contributed by atoms with Crippen molar-refractivity contribution in [1.82, 2.24) is 15.0 Å². The molecule has 0 aliphatic carbocycles. The van der Waals surface area contributed by atoms with Crippen LogP contribution in [0.15, 0.2) is 195 Å². The molecule has 0 fully saturated rings. The first-order valence-corrected chi connectivity index (χ1v) is 23.6. The number of H-pyrrole nitrogens is 1. The normalized spacial score (nSPS) is 11.5. The predicted molar refractivity (Wildman–Crippen MR) is 260 cm³/mol. The van der Waals surface area contributed by atoms with E-state index in [-0.39, 0.29) is 21.7 Å². The maximum Gasteiger partial charge on any atom is 2.00 e. The zero-order valence-corrected chi connectivity index (χ0v) is 39.8. The molecule has 5 aromatic carbocycles. The SMILES string of the molecule is COc1cc([O-])c2c(c1)[Si](c1ccccc1)(c1ccccc1)c1ccc[nH+]c1-2.Cc1cc(F)cc([O][AlH])c1-c1ccccn1.[AlH][O]c1cccnc1-c1ncccc1-c1ccccc1.[Be+2]. The molecule has 9 aromatic rings. The summed E-state index contributed by atoms with van der Waals surface area (Å²) in [6, 6.07) is 55.4. The fourth-order valence-electron chi connectivity index (χ4n) is 8.32. The first-order chi connectivity index (χ1) is 31.4. The third kappa shape index (κ3) is 9.43. The van der Waals surface area contributed by atoms with Crippen molar-refractivity contribution in [2.75, 3.05) is 7.11 Å². The van der Waals surface area contributed by atoms with Gasteiger partial charge in [-0.25, -0.2) is 9.37 Å². The van der Waals surface area contributed by atoms with E-state index in [0.717, 1.165) is 61.5 Å². The van der Waals surface area contributed by atoms with E-state index in [9.17, 15) is 9.50 Å². The van der Waals surface area contributed by atoms with Gasteiger partial charge in [0.2, 0.25) is 5.69 Å². The molecule has 0 saturated heterocycles. The number of aryl methyl sites for hydroxylation is 1. The molecular weight excluding hydrogens is 855 g/mol. The molecule has 1 N–H and O–H groups in total. The summed E-state index contributed by atoms with van der Waals surface area (Å²) in [5, 5.41) is 17.9. The van der Waals surface area contributed by atoms with Crippen molar-refractivity contribution >= 4 is 72.2 Å². The van der Waals surface area contributed by atoms with Gasteiger partial charge < -0.3 is 17.4 Å². The maximum atomic E-state index is 13.2. The van der Waals surface area contributed by atoms with Crippen LogP contribution in [-0.2, 0) is 0 Å². The van der Waals surface area contributed by atoms with Crippen molar-refractivity contribution in [3.05, 3.63) is 206 Å². The summed E-state index contributed by atoms with van der Waals surface area (Å²) < 4.78 is 29.3. The Morgan fingerprint density at radius 1 is 0.600 bits per heavy atom. The summed E-state index contributed by atoms with van der Waals surface area (Å²) in [6.07, 6.45) is 7.13. The number of nitrogens with zero attached hydrogens (tertiary/aromatic N) is 3. The number of aromatic amines is 1. The van der Waals surface area contributed by atoms with Crippen LogP contribution in [0, 0.1) is 12.7 Å². The minimum absolute atomic E-state index is 0. The van der Waals surface area contributed by atoms with Crippen molar-refractivity contribution in [2.45, 2.75) is 6.92 Å². The third-order valence-electron chi connectivity index (χ3n) is 11.0. The first kappa shape index (κ1) is 46.3. The molecule has 0 amide bonds. The molecule has 310 valence electrons. The van der Waals surface area contributed by atoms with Crippen LogP contribution in [0.25, 0.3) is 45.0 Å². The van der Waals surface area contributed by atoms with E-state index >= 15 is 0 Å². The van der Waals surface area contributed by atoms with Gasteiger partial charge in [0.15, 0.2) is 14.3 Å². The van der Waals surface area contributed by atoms with Gasteiger partial charge in [-0.1, -0.05) is 109 Å². The molecule has 0 unspecified atom stereocenters. The summed E-state index contributed by atoms with van der Waals surface area (Å²) >= 11 is 2.77. The van der Waals surface area contributed by atoms with Crippen LogP contribution in [0.5, 0.6) is 23.0 Å². The molecule has 0 bridgehead atoms. The van der Waals surface area contributed by atoms with Gasteiger partial charge in [0, 0.05) is 52.6 Å². The van der Waals surface area contributed by atoms with E-state index in [0.29, 0.717) is 11.5 Å². The summed E-state index contributed by atoms with van der Waals surface area (Å²) in [4.78, 5) is 16.5. The quantitative estimate of drug-likeness (QED) is 0.174. The minimum atomic E-state index is -2.62. The van der Waals surface area contributed by atoms with Gasteiger partial charge in [0.1, 0.15) is 28.7 Å². The molecule has 2 radical (unpaired) electrons. The Morgan fingerprint density at radius 2 is 1.22 bits per heavy atom. The van der Waals surface area contributed by atoms with E-state index < -0.39 is 8.07 Å². The fourth-order valence-corrected chi connectivity index (χ4v) is 13.9. The Morgan fingerprint density at radius 3 is 1.85 bits per heavy atom. The monoisotopic (exact) mass is 895 g/mol. The molecule has 0 atom stereocenters. The zero-order valence-electron chi connectivity index (χ0n) is 35.9. The number of fused-ring (bicyclic) bond motifs is 3. The minimum Gasteiger partial charge on any atom is -0.872 e. The Labute approximate surface area is 399 Å². The number of halogens is 1. The smallest absolute Gasteiger partial charge is 0.872 e. The van der Waals surface area contributed by atoms with Crippen LogP contribution in [0.1, 0.15) is 5.56 Å². The van der Waals surface area contributed by atoms with Gasteiger partial charge in [0.05, 0.1) is 18.6 Å². The second kappa shape index (κ2) is 21.3. The first-order valence-electron chi connectivity index (χ1n) is 20.4. The number of pyridine rings is 4. The number of hydrogen-bond donors (Lipinski definition) is 0. The molecule has 1 aliphatic rings. The molecule has 8 nitrogen and oxygen atoms in total. The Kier molecular flexibility index (Phi) is 15.2. The fraction of sp³-hybridized carbons (Fsp3) is 0.0385. The largest absolute Gasteiger partial charge is 2.00 e. The van der Waals surface area contributed by atoms with E-state index in [4.69, 9.17) is 12.3 Å². The van der Waals surface area contributed by atoms with Gasteiger partial charge in [0.25, 0.3) is 0 Å². The van der Waals surface area contributed by atoms with Crippen LogP contribution in [-0.4, -0.2) is 73.5 Å². The summed E-state index contributed by atoms with van der Waals surface area (Å²) in [5.74, 6) is 1.58. The number of nitrogens with one attached hydrogen (secondary N) is 1.